The lowest BCUT2D eigenvalue weighted by molar-refractivity contribution is 0.355. The fourth-order valence-corrected chi connectivity index (χ4v) is 2.51. The molecule has 0 amide bonds. The van der Waals surface area contributed by atoms with Crippen molar-refractivity contribution in [2.24, 2.45) is 0 Å². The summed E-state index contributed by atoms with van der Waals surface area (Å²) in [5, 5.41) is 7.00. The lowest BCUT2D eigenvalue weighted by Crippen LogP contribution is -2.30. The first-order valence-electron chi connectivity index (χ1n) is 7.39. The van der Waals surface area contributed by atoms with Gasteiger partial charge in [0.15, 0.2) is 16.6 Å². The van der Waals surface area contributed by atoms with E-state index in [0.717, 1.165) is 5.69 Å². The van der Waals surface area contributed by atoms with Crippen LogP contribution in [0.3, 0.4) is 0 Å². The molecule has 122 valence electrons. The van der Waals surface area contributed by atoms with Gasteiger partial charge < -0.3 is 20.1 Å². The summed E-state index contributed by atoms with van der Waals surface area (Å²) < 4.78 is 10.5. The monoisotopic (exact) mass is 330 g/mol. The van der Waals surface area contributed by atoms with E-state index < -0.39 is 0 Å². The Hall–Kier alpha value is -2.27. The number of anilines is 1. The fourth-order valence-electron chi connectivity index (χ4n) is 2.22. The van der Waals surface area contributed by atoms with Gasteiger partial charge >= 0.3 is 0 Å². The van der Waals surface area contributed by atoms with Gasteiger partial charge in [0.25, 0.3) is 0 Å². The second-order valence-electron chi connectivity index (χ2n) is 5.30. The Labute approximate surface area is 142 Å². The van der Waals surface area contributed by atoms with Crippen LogP contribution in [0.4, 0.5) is 5.69 Å². The molecular weight excluding hydrogens is 308 g/mol. The number of rotatable bonds is 5. The minimum Gasteiger partial charge on any atom is -0.493 e. The van der Waals surface area contributed by atoms with Gasteiger partial charge in [-0.05, 0) is 43.8 Å². The average molecular weight is 330 g/mol. The third-order valence-corrected chi connectivity index (χ3v) is 3.79. The lowest BCUT2D eigenvalue weighted by atomic mass is 10.1. The van der Waals surface area contributed by atoms with Gasteiger partial charge in [0.1, 0.15) is 0 Å². The van der Waals surface area contributed by atoms with Crippen LogP contribution in [0.15, 0.2) is 42.5 Å². The van der Waals surface area contributed by atoms with E-state index in [4.69, 9.17) is 21.7 Å². The van der Waals surface area contributed by atoms with Gasteiger partial charge in [-0.3, -0.25) is 0 Å². The predicted octanol–water partition coefficient (Wildman–Crippen LogP) is 4.06. The van der Waals surface area contributed by atoms with Crippen LogP contribution in [0.1, 0.15) is 24.1 Å². The van der Waals surface area contributed by atoms with Crippen molar-refractivity contribution >= 4 is 23.0 Å². The Morgan fingerprint density at radius 1 is 1.00 bits per heavy atom. The zero-order valence-corrected chi connectivity index (χ0v) is 14.7. The van der Waals surface area contributed by atoms with Gasteiger partial charge in [-0.25, -0.2) is 0 Å². The summed E-state index contributed by atoms with van der Waals surface area (Å²) in [5.74, 6) is 1.34. The molecule has 23 heavy (non-hydrogen) atoms. The summed E-state index contributed by atoms with van der Waals surface area (Å²) in [6.07, 6.45) is 0. The number of benzene rings is 2. The van der Waals surface area contributed by atoms with Crippen molar-refractivity contribution in [1.82, 2.24) is 5.32 Å². The van der Waals surface area contributed by atoms with Crippen LogP contribution in [0, 0.1) is 6.92 Å². The molecular formula is C18H22N2O2S. The minimum absolute atomic E-state index is 0.121. The van der Waals surface area contributed by atoms with Gasteiger partial charge in [-0.15, -0.1) is 0 Å². The molecule has 2 aromatic rings. The summed E-state index contributed by atoms with van der Waals surface area (Å²) in [7, 11) is 3.22. The highest BCUT2D eigenvalue weighted by Crippen LogP contribution is 2.29. The number of thiocarbonyl (C=S) groups is 1. The third-order valence-electron chi connectivity index (χ3n) is 3.57. The summed E-state index contributed by atoms with van der Waals surface area (Å²) in [4.78, 5) is 0. The highest BCUT2D eigenvalue weighted by molar-refractivity contribution is 7.80. The molecule has 0 aromatic heterocycles. The third kappa shape index (κ3) is 4.60. The molecule has 1 atom stereocenters. The Morgan fingerprint density at radius 3 is 2.26 bits per heavy atom. The molecule has 4 nitrogen and oxygen atoms in total. The number of ether oxygens (including phenoxy) is 2. The summed E-state index contributed by atoms with van der Waals surface area (Å²) in [6, 6.07) is 14.1. The van der Waals surface area contributed by atoms with E-state index in [2.05, 4.69) is 48.7 Å². The molecule has 0 aliphatic rings. The molecule has 0 saturated heterocycles. The molecule has 0 aliphatic heterocycles. The predicted molar refractivity (Wildman–Crippen MR) is 98.5 cm³/mol. The van der Waals surface area contributed by atoms with Crippen LogP contribution in [-0.2, 0) is 0 Å². The molecule has 0 radical (unpaired) electrons. The van der Waals surface area contributed by atoms with Crippen LogP contribution in [-0.4, -0.2) is 19.3 Å². The topological polar surface area (TPSA) is 42.5 Å². The Bertz CT molecular complexity index is 671. The van der Waals surface area contributed by atoms with Crippen LogP contribution in [0.2, 0.25) is 0 Å². The molecule has 0 fully saturated rings. The van der Waals surface area contributed by atoms with Crippen molar-refractivity contribution in [2.45, 2.75) is 19.9 Å². The Morgan fingerprint density at radius 2 is 1.65 bits per heavy atom. The molecule has 2 N–H and O–H groups in total. The first-order valence-corrected chi connectivity index (χ1v) is 7.80. The summed E-state index contributed by atoms with van der Waals surface area (Å²) in [5.41, 5.74) is 3.27. The highest BCUT2D eigenvalue weighted by Gasteiger charge is 2.09. The second kappa shape index (κ2) is 7.83. The van der Waals surface area contributed by atoms with Gasteiger partial charge in [0, 0.05) is 11.8 Å². The smallest absolute Gasteiger partial charge is 0.171 e. The summed E-state index contributed by atoms with van der Waals surface area (Å²) in [6.45, 7) is 4.15. The zero-order valence-electron chi connectivity index (χ0n) is 13.8. The van der Waals surface area contributed by atoms with Gasteiger partial charge in [0.05, 0.1) is 20.3 Å². The Kier molecular flexibility index (Phi) is 5.82. The Balaban J connectivity index is 2.00. The lowest BCUT2D eigenvalue weighted by Gasteiger charge is -2.18. The fraction of sp³-hybridized carbons (Fsp3) is 0.278. The van der Waals surface area contributed by atoms with Gasteiger partial charge in [-0.2, -0.15) is 0 Å². The van der Waals surface area contributed by atoms with Crippen molar-refractivity contribution in [3.8, 4) is 11.5 Å². The van der Waals surface area contributed by atoms with Crippen molar-refractivity contribution < 1.29 is 9.47 Å². The summed E-state index contributed by atoms with van der Waals surface area (Å²) >= 11 is 5.38. The van der Waals surface area contributed by atoms with E-state index in [9.17, 15) is 0 Å². The average Bonchev–Trinajstić information content (AvgIpc) is 2.55. The number of nitrogens with one attached hydrogen (secondary N) is 2. The molecule has 0 heterocycles. The molecule has 0 aliphatic carbocycles. The number of hydrogen-bond donors (Lipinski definition) is 2. The largest absolute Gasteiger partial charge is 0.493 e. The number of methoxy groups -OCH3 is 2. The molecule has 1 unspecified atom stereocenters. The van der Waals surface area contributed by atoms with Crippen LogP contribution in [0.5, 0.6) is 11.5 Å². The van der Waals surface area contributed by atoms with E-state index in [1.165, 1.54) is 11.1 Å². The van der Waals surface area contributed by atoms with Crippen LogP contribution >= 0.6 is 12.2 Å². The second-order valence-corrected chi connectivity index (χ2v) is 5.71. The maximum atomic E-state index is 5.38. The van der Waals surface area contributed by atoms with Gasteiger partial charge in [-0.1, -0.05) is 29.8 Å². The molecule has 0 spiro atoms. The van der Waals surface area contributed by atoms with E-state index in [0.29, 0.717) is 16.6 Å². The maximum absolute atomic E-state index is 5.38. The molecule has 0 bridgehead atoms. The normalized spacial score (nSPS) is 11.5. The molecule has 2 rings (SSSR count). The van der Waals surface area contributed by atoms with Crippen molar-refractivity contribution in [3.05, 3.63) is 53.6 Å². The van der Waals surface area contributed by atoms with Crippen molar-refractivity contribution in [1.29, 1.82) is 0 Å². The standard InChI is InChI=1S/C18H22N2O2S/c1-12-5-7-14(8-6-12)13(2)19-18(23)20-15-9-10-16(21-3)17(11-15)22-4/h5-11,13H,1-4H3,(H2,19,20,23). The van der Waals surface area contributed by atoms with Crippen LogP contribution < -0.4 is 20.1 Å². The van der Waals surface area contributed by atoms with Crippen molar-refractivity contribution in [2.75, 3.05) is 19.5 Å². The van der Waals surface area contributed by atoms with Crippen LogP contribution in [0.25, 0.3) is 0 Å². The first kappa shape index (κ1) is 17.1. The molecule has 5 heteroatoms. The van der Waals surface area contributed by atoms with Gasteiger partial charge in [0.2, 0.25) is 0 Å². The molecule has 0 saturated carbocycles. The molecule has 2 aromatic carbocycles. The van der Waals surface area contributed by atoms with E-state index in [1.807, 2.05) is 18.2 Å². The highest BCUT2D eigenvalue weighted by atomic mass is 32.1. The first-order chi connectivity index (χ1) is 11.0. The SMILES string of the molecule is COc1ccc(NC(=S)NC(C)c2ccc(C)cc2)cc1OC. The van der Waals surface area contributed by atoms with E-state index in [1.54, 1.807) is 14.2 Å². The van der Waals surface area contributed by atoms with Crippen molar-refractivity contribution in [3.63, 3.8) is 0 Å². The number of hydrogen-bond acceptors (Lipinski definition) is 3. The minimum atomic E-state index is 0.121. The quantitative estimate of drug-likeness (QED) is 0.809. The van der Waals surface area contributed by atoms with E-state index >= 15 is 0 Å². The maximum Gasteiger partial charge on any atom is 0.171 e. The zero-order chi connectivity index (χ0) is 16.8. The van der Waals surface area contributed by atoms with E-state index in [-0.39, 0.29) is 6.04 Å². The number of aryl methyl sites for hydroxylation is 1.